The maximum absolute atomic E-state index is 12.6. The topological polar surface area (TPSA) is 117 Å². The van der Waals surface area contributed by atoms with Crippen molar-refractivity contribution in [2.75, 3.05) is 39.3 Å². The molecule has 1 aliphatic rings. The van der Waals surface area contributed by atoms with Crippen LogP contribution in [0.2, 0.25) is 0 Å². The van der Waals surface area contributed by atoms with Gasteiger partial charge in [-0.15, -0.1) is 0 Å². The quantitative estimate of drug-likeness (QED) is 0.413. The van der Waals surface area contributed by atoms with E-state index in [4.69, 9.17) is 0 Å². The number of pyridine rings is 1. The van der Waals surface area contributed by atoms with Crippen LogP contribution >= 0.6 is 0 Å². The maximum atomic E-state index is 12.6. The van der Waals surface area contributed by atoms with E-state index in [2.05, 4.69) is 19.9 Å². The van der Waals surface area contributed by atoms with Gasteiger partial charge in [0.15, 0.2) is 0 Å². The van der Waals surface area contributed by atoms with Crippen LogP contribution in [-0.4, -0.2) is 62.5 Å². The van der Waals surface area contributed by atoms with Gasteiger partial charge in [0.1, 0.15) is 4.90 Å². The van der Waals surface area contributed by atoms with Gasteiger partial charge in [0.25, 0.3) is 5.69 Å². The number of hydrogen-bond acceptors (Lipinski definition) is 7. The summed E-state index contributed by atoms with van der Waals surface area (Å²) in [5, 5.41) is 14.6. The number of nitrogens with zero attached hydrogens (tertiary/aromatic N) is 3. The van der Waals surface area contributed by atoms with Crippen LogP contribution in [-0.2, 0) is 10.0 Å². The number of rotatable bonds is 7. The lowest BCUT2D eigenvalue weighted by molar-refractivity contribution is -0.383. The van der Waals surface area contributed by atoms with Gasteiger partial charge in [-0.25, -0.2) is 13.1 Å². The highest BCUT2D eigenvalue weighted by molar-refractivity contribution is 7.89. The molecule has 3 rings (SSSR count). The largest absolute Gasteiger partial charge is 0.314 e. The molecule has 140 valence electrons. The van der Waals surface area contributed by atoms with Crippen molar-refractivity contribution >= 4 is 26.6 Å². The van der Waals surface area contributed by atoms with E-state index < -0.39 is 14.9 Å². The first-order chi connectivity index (χ1) is 12.5. The van der Waals surface area contributed by atoms with Crippen LogP contribution in [0.25, 0.3) is 10.9 Å². The van der Waals surface area contributed by atoms with E-state index in [1.807, 2.05) is 0 Å². The van der Waals surface area contributed by atoms with Crippen LogP contribution in [0.3, 0.4) is 0 Å². The Morgan fingerprint density at radius 1 is 1.27 bits per heavy atom. The average Bonchev–Trinajstić information content (AvgIpc) is 2.65. The molecule has 9 nitrogen and oxygen atoms in total. The SMILES string of the molecule is O=[N+]([O-])c1ccc(S(=O)(=O)NCCCN2CCNCC2)c2ncccc12. The van der Waals surface area contributed by atoms with E-state index in [0.717, 1.165) is 32.7 Å². The highest BCUT2D eigenvalue weighted by Crippen LogP contribution is 2.29. The van der Waals surface area contributed by atoms with Crippen molar-refractivity contribution in [2.24, 2.45) is 0 Å². The van der Waals surface area contributed by atoms with Crippen molar-refractivity contribution < 1.29 is 13.3 Å². The van der Waals surface area contributed by atoms with Gasteiger partial charge in [0.05, 0.1) is 15.8 Å². The van der Waals surface area contributed by atoms with Gasteiger partial charge in [0, 0.05) is 45.0 Å². The lowest BCUT2D eigenvalue weighted by Gasteiger charge is -2.27. The molecule has 0 amide bonds. The van der Waals surface area contributed by atoms with E-state index in [9.17, 15) is 18.5 Å². The summed E-state index contributed by atoms with van der Waals surface area (Å²) in [4.78, 5) is 16.9. The molecule has 0 unspecified atom stereocenters. The Balaban J connectivity index is 1.73. The number of nitro benzene ring substituents is 1. The zero-order valence-electron chi connectivity index (χ0n) is 14.2. The number of hydrogen-bond donors (Lipinski definition) is 2. The van der Waals surface area contributed by atoms with E-state index >= 15 is 0 Å². The third-order valence-corrected chi connectivity index (χ3v) is 5.84. The van der Waals surface area contributed by atoms with Crippen LogP contribution < -0.4 is 10.0 Å². The van der Waals surface area contributed by atoms with Crippen molar-refractivity contribution in [2.45, 2.75) is 11.3 Å². The summed E-state index contributed by atoms with van der Waals surface area (Å²) in [5.74, 6) is 0. The molecule has 1 aromatic heterocycles. The van der Waals surface area contributed by atoms with E-state index in [-0.39, 0.29) is 21.5 Å². The molecule has 0 saturated carbocycles. The summed E-state index contributed by atoms with van der Waals surface area (Å²) in [6.45, 7) is 4.95. The second-order valence-electron chi connectivity index (χ2n) is 6.08. The molecule has 1 saturated heterocycles. The molecule has 26 heavy (non-hydrogen) atoms. The fourth-order valence-electron chi connectivity index (χ4n) is 3.03. The van der Waals surface area contributed by atoms with E-state index in [1.54, 1.807) is 6.07 Å². The highest BCUT2D eigenvalue weighted by atomic mass is 32.2. The van der Waals surface area contributed by atoms with E-state index in [1.165, 1.54) is 24.4 Å². The van der Waals surface area contributed by atoms with E-state index in [0.29, 0.717) is 13.0 Å². The molecule has 0 bridgehead atoms. The van der Waals surface area contributed by atoms with Crippen molar-refractivity contribution in [1.29, 1.82) is 0 Å². The van der Waals surface area contributed by atoms with Gasteiger partial charge in [-0.2, -0.15) is 0 Å². The number of benzene rings is 1. The summed E-state index contributed by atoms with van der Waals surface area (Å²) in [6, 6.07) is 5.50. The normalized spacial score (nSPS) is 16.0. The first-order valence-corrected chi connectivity index (χ1v) is 9.92. The minimum Gasteiger partial charge on any atom is -0.314 e. The molecule has 10 heteroatoms. The van der Waals surface area contributed by atoms with Gasteiger partial charge >= 0.3 is 0 Å². The highest BCUT2D eigenvalue weighted by Gasteiger charge is 2.22. The summed E-state index contributed by atoms with van der Waals surface area (Å²) in [7, 11) is -3.80. The Bertz CT molecular complexity index is 897. The number of nitro groups is 1. The summed E-state index contributed by atoms with van der Waals surface area (Å²) < 4.78 is 27.8. The molecular weight excluding hydrogens is 358 g/mol. The molecule has 2 aromatic rings. The number of fused-ring (bicyclic) bond motifs is 1. The minimum absolute atomic E-state index is 0.0409. The van der Waals surface area contributed by atoms with Crippen molar-refractivity contribution in [3.63, 3.8) is 0 Å². The number of non-ortho nitro benzene ring substituents is 1. The third-order valence-electron chi connectivity index (χ3n) is 4.35. The number of aromatic nitrogens is 1. The Labute approximate surface area is 151 Å². The zero-order valence-corrected chi connectivity index (χ0v) is 15.0. The Morgan fingerprint density at radius 2 is 2.04 bits per heavy atom. The standard InChI is InChI=1S/C16H21N5O4S/c22-21(23)14-4-5-15(16-13(14)3-1-6-18-16)26(24,25)19-7-2-10-20-11-8-17-9-12-20/h1,3-6,17,19H,2,7-12H2. The second-order valence-corrected chi connectivity index (χ2v) is 7.82. The third kappa shape index (κ3) is 4.15. The van der Waals surface area contributed by atoms with Crippen LogP contribution in [0.15, 0.2) is 35.4 Å². The van der Waals surface area contributed by atoms with Gasteiger partial charge in [-0.1, -0.05) is 0 Å². The molecule has 0 spiro atoms. The Hall–Kier alpha value is -2.14. The molecule has 1 fully saturated rings. The Morgan fingerprint density at radius 3 is 2.77 bits per heavy atom. The number of piperazine rings is 1. The monoisotopic (exact) mass is 379 g/mol. The molecule has 0 radical (unpaired) electrons. The van der Waals surface area contributed by atoms with Gasteiger partial charge < -0.3 is 10.2 Å². The molecular formula is C16H21N5O4S. The molecule has 2 heterocycles. The molecule has 2 N–H and O–H groups in total. The average molecular weight is 379 g/mol. The fourth-order valence-corrected chi connectivity index (χ4v) is 4.26. The predicted molar refractivity (Wildman–Crippen MR) is 97.5 cm³/mol. The number of nitrogens with one attached hydrogen (secondary N) is 2. The van der Waals surface area contributed by atoms with Crippen molar-refractivity contribution in [3.05, 3.63) is 40.6 Å². The van der Waals surface area contributed by atoms with Crippen LogP contribution in [0.1, 0.15) is 6.42 Å². The Kier molecular flexibility index (Phi) is 5.77. The van der Waals surface area contributed by atoms with Gasteiger partial charge in [-0.05, 0) is 31.2 Å². The maximum Gasteiger partial charge on any atom is 0.278 e. The summed E-state index contributed by atoms with van der Waals surface area (Å²) in [5.41, 5.74) is -0.0536. The van der Waals surface area contributed by atoms with Crippen LogP contribution in [0, 0.1) is 10.1 Å². The molecule has 0 aliphatic carbocycles. The fraction of sp³-hybridized carbons (Fsp3) is 0.438. The van der Waals surface area contributed by atoms with Crippen molar-refractivity contribution in [3.8, 4) is 0 Å². The molecule has 1 aliphatic heterocycles. The van der Waals surface area contributed by atoms with Gasteiger partial charge in [-0.3, -0.25) is 15.1 Å². The molecule has 0 atom stereocenters. The second kappa shape index (κ2) is 8.04. The van der Waals surface area contributed by atoms with Crippen LogP contribution in [0.4, 0.5) is 5.69 Å². The first kappa shape index (κ1) is 18.6. The van der Waals surface area contributed by atoms with Crippen LogP contribution in [0.5, 0.6) is 0 Å². The summed E-state index contributed by atoms with van der Waals surface area (Å²) >= 11 is 0. The zero-order chi connectivity index (χ0) is 18.6. The van der Waals surface area contributed by atoms with Crippen molar-refractivity contribution in [1.82, 2.24) is 19.9 Å². The predicted octanol–water partition coefficient (Wildman–Crippen LogP) is 0.717. The lowest BCUT2D eigenvalue weighted by atomic mass is 10.2. The first-order valence-electron chi connectivity index (χ1n) is 8.44. The van der Waals surface area contributed by atoms with Gasteiger partial charge in [0.2, 0.25) is 10.0 Å². The minimum atomic E-state index is -3.80. The smallest absolute Gasteiger partial charge is 0.278 e. The summed E-state index contributed by atoms with van der Waals surface area (Å²) in [6.07, 6.45) is 2.12. The lowest BCUT2D eigenvalue weighted by Crippen LogP contribution is -2.44. The molecule has 1 aromatic carbocycles. The number of sulfonamides is 1.